The van der Waals surface area contributed by atoms with E-state index in [1.165, 1.54) is 6.07 Å². The first-order chi connectivity index (χ1) is 6.27. The fourth-order valence-corrected chi connectivity index (χ4v) is 1.30. The zero-order chi connectivity index (χ0) is 9.26. The van der Waals surface area contributed by atoms with Gasteiger partial charge in [-0.1, -0.05) is 0 Å². The van der Waals surface area contributed by atoms with Gasteiger partial charge < -0.3 is 10.1 Å². The lowest BCUT2D eigenvalue weighted by Crippen LogP contribution is -2.16. The summed E-state index contributed by atoms with van der Waals surface area (Å²) in [7, 11) is 0. The van der Waals surface area contributed by atoms with E-state index in [-0.39, 0.29) is 0 Å². The minimum Gasteiger partial charge on any atom is -0.492 e. The Labute approximate surface area is 74.5 Å². The molecule has 0 atom stereocenters. The molecule has 0 aromatic heterocycles. The summed E-state index contributed by atoms with van der Waals surface area (Å²) in [5.74, 6) is -1.25. The number of hydrogen-bond donors (Lipinski definition) is 1. The summed E-state index contributed by atoms with van der Waals surface area (Å²) in [5.41, 5.74) is 0.663. The number of benzene rings is 1. The quantitative estimate of drug-likeness (QED) is 0.660. The second-order valence-corrected chi connectivity index (χ2v) is 2.90. The minimum absolute atomic E-state index is 0.434. The SMILES string of the molecule is Fc1cc2c(cc1F)OCCNC2. The Morgan fingerprint density at radius 1 is 1.23 bits per heavy atom. The number of rotatable bonds is 0. The van der Waals surface area contributed by atoms with Gasteiger partial charge in [0.1, 0.15) is 12.4 Å². The molecule has 0 radical (unpaired) electrons. The molecule has 13 heavy (non-hydrogen) atoms. The summed E-state index contributed by atoms with van der Waals surface area (Å²) >= 11 is 0. The van der Waals surface area contributed by atoms with Crippen LogP contribution in [0.4, 0.5) is 8.78 Å². The Hall–Kier alpha value is -1.16. The molecular weight excluding hydrogens is 176 g/mol. The minimum atomic E-state index is -0.861. The van der Waals surface area contributed by atoms with Gasteiger partial charge in [0.05, 0.1) is 0 Å². The molecule has 1 aliphatic heterocycles. The van der Waals surface area contributed by atoms with Gasteiger partial charge in [-0.25, -0.2) is 8.78 Å². The average molecular weight is 185 g/mol. The van der Waals surface area contributed by atoms with Crippen molar-refractivity contribution in [1.82, 2.24) is 5.32 Å². The van der Waals surface area contributed by atoms with Gasteiger partial charge in [-0.2, -0.15) is 0 Å². The van der Waals surface area contributed by atoms with Crippen LogP contribution in [0.5, 0.6) is 5.75 Å². The lowest BCUT2D eigenvalue weighted by molar-refractivity contribution is 0.323. The van der Waals surface area contributed by atoms with Crippen molar-refractivity contribution in [2.75, 3.05) is 13.2 Å². The highest BCUT2D eigenvalue weighted by atomic mass is 19.2. The van der Waals surface area contributed by atoms with Crippen LogP contribution in [0.15, 0.2) is 12.1 Å². The van der Waals surface area contributed by atoms with Crippen LogP contribution in [-0.2, 0) is 6.54 Å². The highest BCUT2D eigenvalue weighted by Gasteiger charge is 2.12. The number of ether oxygens (including phenoxy) is 1. The normalized spacial score (nSPS) is 15.8. The van der Waals surface area contributed by atoms with Crippen molar-refractivity contribution in [3.8, 4) is 5.75 Å². The lowest BCUT2D eigenvalue weighted by atomic mass is 10.2. The third-order valence-electron chi connectivity index (χ3n) is 1.96. The standard InChI is InChI=1S/C9H9F2NO/c10-7-3-6-5-12-1-2-13-9(6)4-8(7)11/h3-4,12H,1-2,5H2. The average Bonchev–Trinajstić information content (AvgIpc) is 2.31. The molecule has 0 saturated carbocycles. The molecule has 4 heteroatoms. The molecule has 0 spiro atoms. The van der Waals surface area contributed by atoms with Crippen molar-refractivity contribution in [3.63, 3.8) is 0 Å². The highest BCUT2D eigenvalue weighted by molar-refractivity contribution is 5.35. The lowest BCUT2D eigenvalue weighted by Gasteiger charge is -2.06. The summed E-state index contributed by atoms with van der Waals surface area (Å²) in [6.07, 6.45) is 0. The van der Waals surface area contributed by atoms with Crippen LogP contribution in [0.3, 0.4) is 0 Å². The van der Waals surface area contributed by atoms with Gasteiger partial charge in [0, 0.05) is 24.7 Å². The van der Waals surface area contributed by atoms with Crippen molar-refractivity contribution in [2.24, 2.45) is 0 Å². The van der Waals surface area contributed by atoms with Crippen molar-refractivity contribution < 1.29 is 13.5 Å². The molecule has 0 amide bonds. The Morgan fingerprint density at radius 3 is 2.85 bits per heavy atom. The summed E-state index contributed by atoms with van der Waals surface area (Å²) < 4.78 is 30.8. The van der Waals surface area contributed by atoms with Crippen LogP contribution in [-0.4, -0.2) is 13.2 Å². The van der Waals surface area contributed by atoms with E-state index in [9.17, 15) is 8.78 Å². The molecule has 0 saturated heterocycles. The summed E-state index contributed by atoms with van der Waals surface area (Å²) in [5, 5.41) is 3.04. The van der Waals surface area contributed by atoms with Gasteiger partial charge in [0.2, 0.25) is 0 Å². The predicted octanol–water partition coefficient (Wildman–Crippen LogP) is 1.45. The molecular formula is C9H9F2NO. The summed E-state index contributed by atoms with van der Waals surface area (Å²) in [6.45, 7) is 1.70. The maximum Gasteiger partial charge on any atom is 0.162 e. The van der Waals surface area contributed by atoms with Crippen molar-refractivity contribution >= 4 is 0 Å². The molecule has 2 nitrogen and oxygen atoms in total. The Morgan fingerprint density at radius 2 is 2.00 bits per heavy atom. The van der Waals surface area contributed by atoms with E-state index in [1.807, 2.05) is 0 Å². The molecule has 1 heterocycles. The third kappa shape index (κ3) is 1.62. The van der Waals surface area contributed by atoms with E-state index in [0.717, 1.165) is 6.07 Å². The number of fused-ring (bicyclic) bond motifs is 1. The van der Waals surface area contributed by atoms with E-state index in [2.05, 4.69) is 5.32 Å². The van der Waals surface area contributed by atoms with Gasteiger partial charge in [-0.3, -0.25) is 0 Å². The molecule has 1 aromatic carbocycles. The van der Waals surface area contributed by atoms with Crippen molar-refractivity contribution in [1.29, 1.82) is 0 Å². The second-order valence-electron chi connectivity index (χ2n) is 2.90. The van der Waals surface area contributed by atoms with Crippen LogP contribution in [0, 0.1) is 11.6 Å². The van der Waals surface area contributed by atoms with E-state index in [1.54, 1.807) is 0 Å². The Balaban J connectivity index is 2.43. The fourth-order valence-electron chi connectivity index (χ4n) is 1.30. The molecule has 0 unspecified atom stereocenters. The Bertz CT molecular complexity index is 297. The molecule has 0 aliphatic carbocycles. The summed E-state index contributed by atoms with van der Waals surface area (Å²) in [4.78, 5) is 0. The van der Waals surface area contributed by atoms with E-state index < -0.39 is 11.6 Å². The molecule has 70 valence electrons. The number of nitrogens with one attached hydrogen (secondary N) is 1. The van der Waals surface area contributed by atoms with Crippen LogP contribution in [0.1, 0.15) is 5.56 Å². The maximum atomic E-state index is 12.8. The van der Waals surface area contributed by atoms with E-state index >= 15 is 0 Å². The van der Waals surface area contributed by atoms with Crippen molar-refractivity contribution in [2.45, 2.75) is 6.54 Å². The van der Waals surface area contributed by atoms with Gasteiger partial charge >= 0.3 is 0 Å². The third-order valence-corrected chi connectivity index (χ3v) is 1.96. The Kier molecular flexibility index (Phi) is 2.14. The van der Waals surface area contributed by atoms with Crippen molar-refractivity contribution in [3.05, 3.63) is 29.3 Å². The van der Waals surface area contributed by atoms with Gasteiger partial charge in [-0.05, 0) is 6.07 Å². The predicted molar refractivity (Wildman–Crippen MR) is 43.6 cm³/mol. The van der Waals surface area contributed by atoms with Gasteiger partial charge in [0.25, 0.3) is 0 Å². The largest absolute Gasteiger partial charge is 0.492 e. The second kappa shape index (κ2) is 3.30. The first-order valence-corrected chi connectivity index (χ1v) is 4.09. The first-order valence-electron chi connectivity index (χ1n) is 4.09. The smallest absolute Gasteiger partial charge is 0.162 e. The fraction of sp³-hybridized carbons (Fsp3) is 0.333. The molecule has 1 N–H and O–H groups in total. The number of halogens is 2. The van der Waals surface area contributed by atoms with E-state index in [4.69, 9.17) is 4.74 Å². The van der Waals surface area contributed by atoms with Crippen LogP contribution in [0.2, 0.25) is 0 Å². The van der Waals surface area contributed by atoms with Gasteiger partial charge in [-0.15, -0.1) is 0 Å². The molecule has 1 aromatic rings. The monoisotopic (exact) mass is 185 g/mol. The van der Waals surface area contributed by atoms with Crippen LogP contribution < -0.4 is 10.1 Å². The molecule has 2 rings (SSSR count). The summed E-state index contributed by atoms with van der Waals surface area (Å²) in [6, 6.07) is 2.26. The zero-order valence-corrected chi connectivity index (χ0v) is 6.94. The van der Waals surface area contributed by atoms with Gasteiger partial charge in [0.15, 0.2) is 11.6 Å². The maximum absolute atomic E-state index is 12.8. The number of hydrogen-bond acceptors (Lipinski definition) is 2. The molecule has 1 aliphatic rings. The van der Waals surface area contributed by atoms with E-state index in [0.29, 0.717) is 31.0 Å². The zero-order valence-electron chi connectivity index (χ0n) is 6.94. The van der Waals surface area contributed by atoms with Crippen LogP contribution in [0.25, 0.3) is 0 Å². The first kappa shape index (κ1) is 8.44. The molecule has 0 fully saturated rings. The highest BCUT2D eigenvalue weighted by Crippen LogP contribution is 2.23. The topological polar surface area (TPSA) is 21.3 Å². The molecule has 0 bridgehead atoms. The van der Waals surface area contributed by atoms with Crippen LogP contribution >= 0.6 is 0 Å².